The molecule has 0 spiro atoms. The zero-order valence-electron chi connectivity index (χ0n) is 11.3. The van der Waals surface area contributed by atoms with E-state index >= 15 is 0 Å². The Balaban J connectivity index is 1.92. The van der Waals surface area contributed by atoms with E-state index < -0.39 is 17.7 Å². The van der Waals surface area contributed by atoms with Crippen LogP contribution in [0.2, 0.25) is 0 Å². The monoisotopic (exact) mass is 254 g/mol. The van der Waals surface area contributed by atoms with Gasteiger partial charge in [-0.2, -0.15) is 0 Å². The van der Waals surface area contributed by atoms with E-state index in [4.69, 9.17) is 4.74 Å². The molecule has 18 heavy (non-hydrogen) atoms. The van der Waals surface area contributed by atoms with Crippen LogP contribution in [0.25, 0.3) is 0 Å². The van der Waals surface area contributed by atoms with Gasteiger partial charge in [-0.25, -0.2) is 4.79 Å². The van der Waals surface area contributed by atoms with Crippen LogP contribution in [0.5, 0.6) is 0 Å². The molecule has 0 unspecified atom stereocenters. The lowest BCUT2D eigenvalue weighted by molar-refractivity contribution is -0.123. The Morgan fingerprint density at radius 1 is 1.33 bits per heavy atom. The van der Waals surface area contributed by atoms with Crippen LogP contribution < -0.4 is 10.6 Å². The number of carbonyl (C=O) groups is 2. The highest BCUT2D eigenvalue weighted by Gasteiger charge is 2.36. The van der Waals surface area contributed by atoms with E-state index in [0.29, 0.717) is 12.0 Å². The lowest BCUT2D eigenvalue weighted by Crippen LogP contribution is -2.49. The molecule has 1 saturated carbocycles. The Bertz CT molecular complexity index is 349. The molecule has 1 aliphatic heterocycles. The quantitative estimate of drug-likeness (QED) is 0.746. The maximum atomic E-state index is 11.9. The Labute approximate surface area is 108 Å². The predicted octanol–water partition coefficient (Wildman–Crippen LogP) is 1.57. The summed E-state index contributed by atoms with van der Waals surface area (Å²) in [4.78, 5) is 23.6. The molecular formula is C13H22N2O3. The lowest BCUT2D eigenvalue weighted by atomic mass is 9.99. The third-order valence-corrected chi connectivity index (χ3v) is 3.46. The molecule has 0 aromatic rings. The van der Waals surface area contributed by atoms with Crippen LogP contribution in [-0.4, -0.2) is 29.7 Å². The first-order chi connectivity index (χ1) is 8.33. The van der Waals surface area contributed by atoms with Gasteiger partial charge in [0.2, 0.25) is 5.91 Å². The molecule has 5 heteroatoms. The molecule has 0 radical (unpaired) electrons. The maximum Gasteiger partial charge on any atom is 0.408 e. The molecule has 0 aromatic carbocycles. The Morgan fingerprint density at radius 2 is 2.06 bits per heavy atom. The van der Waals surface area contributed by atoms with Gasteiger partial charge >= 0.3 is 6.09 Å². The van der Waals surface area contributed by atoms with Gasteiger partial charge in [0, 0.05) is 6.04 Å². The SMILES string of the molecule is CC(C)(C)OC(=O)N[C@H]1C[C@H]2CC[C@H](C2)NC1=O. The van der Waals surface area contributed by atoms with Crippen LogP contribution in [-0.2, 0) is 9.53 Å². The van der Waals surface area contributed by atoms with Crippen LogP contribution in [0.15, 0.2) is 0 Å². The van der Waals surface area contributed by atoms with Crippen LogP contribution in [0, 0.1) is 5.92 Å². The molecule has 2 N–H and O–H groups in total. The largest absolute Gasteiger partial charge is 0.444 e. The van der Waals surface area contributed by atoms with E-state index in [1.54, 1.807) is 0 Å². The van der Waals surface area contributed by atoms with Crippen molar-refractivity contribution in [3.05, 3.63) is 0 Å². The first kappa shape index (κ1) is 13.2. The second-order valence-electron chi connectivity index (χ2n) is 6.32. The molecule has 5 nitrogen and oxygen atoms in total. The van der Waals surface area contributed by atoms with Gasteiger partial charge in [0.15, 0.2) is 0 Å². The van der Waals surface area contributed by atoms with Crippen LogP contribution in [0.4, 0.5) is 4.79 Å². The summed E-state index contributed by atoms with van der Waals surface area (Å²) in [6.07, 6.45) is 3.45. The van der Waals surface area contributed by atoms with E-state index in [2.05, 4.69) is 10.6 Å². The second kappa shape index (κ2) is 4.78. The van der Waals surface area contributed by atoms with Crippen molar-refractivity contribution in [3.63, 3.8) is 0 Å². The summed E-state index contributed by atoms with van der Waals surface area (Å²) in [7, 11) is 0. The number of rotatable bonds is 1. The molecular weight excluding hydrogens is 232 g/mol. The number of hydrogen-bond donors (Lipinski definition) is 2. The number of alkyl carbamates (subject to hydrolysis) is 1. The third-order valence-electron chi connectivity index (χ3n) is 3.46. The Morgan fingerprint density at radius 3 is 2.72 bits per heavy atom. The maximum absolute atomic E-state index is 11.9. The highest BCUT2D eigenvalue weighted by Crippen LogP contribution is 2.31. The highest BCUT2D eigenvalue weighted by molar-refractivity contribution is 5.86. The third kappa shape index (κ3) is 3.37. The van der Waals surface area contributed by atoms with Crippen LogP contribution in [0.1, 0.15) is 46.5 Å². The van der Waals surface area contributed by atoms with Crippen LogP contribution >= 0.6 is 0 Å². The molecule has 1 saturated heterocycles. The minimum Gasteiger partial charge on any atom is -0.444 e. The summed E-state index contributed by atoms with van der Waals surface area (Å²) in [5.74, 6) is 0.460. The highest BCUT2D eigenvalue weighted by atomic mass is 16.6. The molecule has 2 rings (SSSR count). The zero-order valence-corrected chi connectivity index (χ0v) is 11.3. The average Bonchev–Trinajstić information content (AvgIpc) is 2.54. The van der Waals surface area contributed by atoms with E-state index in [-0.39, 0.29) is 5.91 Å². The number of fused-ring (bicyclic) bond motifs is 2. The van der Waals surface area contributed by atoms with E-state index in [9.17, 15) is 9.59 Å². The number of nitrogens with one attached hydrogen (secondary N) is 2. The van der Waals surface area contributed by atoms with Gasteiger partial charge < -0.3 is 15.4 Å². The molecule has 2 amide bonds. The minimum atomic E-state index is -0.537. The van der Waals surface area contributed by atoms with Crippen molar-refractivity contribution in [2.45, 2.75) is 64.1 Å². The van der Waals surface area contributed by atoms with Crippen molar-refractivity contribution < 1.29 is 14.3 Å². The standard InChI is InChI=1S/C13H22N2O3/c1-13(2,3)18-12(17)15-10-7-8-4-5-9(6-8)14-11(10)16/h8-10H,4-7H2,1-3H3,(H,14,16)(H,15,17)/t8-,9+,10-/m0/s1. The Hall–Kier alpha value is -1.26. The topological polar surface area (TPSA) is 67.4 Å². The molecule has 102 valence electrons. The number of carbonyl (C=O) groups excluding carboxylic acids is 2. The van der Waals surface area contributed by atoms with Crippen LogP contribution in [0.3, 0.4) is 0 Å². The van der Waals surface area contributed by atoms with Crippen molar-refractivity contribution >= 4 is 12.0 Å². The number of hydrogen-bond acceptors (Lipinski definition) is 3. The normalized spacial score (nSPS) is 31.5. The van der Waals surface area contributed by atoms with Crippen molar-refractivity contribution in [1.29, 1.82) is 0 Å². The number of amides is 2. The Kier molecular flexibility index (Phi) is 3.50. The average molecular weight is 254 g/mol. The summed E-state index contributed by atoms with van der Waals surface area (Å²) >= 11 is 0. The first-order valence-corrected chi connectivity index (χ1v) is 6.63. The fourth-order valence-corrected chi connectivity index (χ4v) is 2.74. The molecule has 1 aliphatic carbocycles. The fraction of sp³-hybridized carbons (Fsp3) is 0.846. The first-order valence-electron chi connectivity index (χ1n) is 6.63. The van der Waals surface area contributed by atoms with Gasteiger partial charge in [-0.15, -0.1) is 0 Å². The van der Waals surface area contributed by atoms with Gasteiger partial charge in [0.1, 0.15) is 11.6 Å². The van der Waals surface area contributed by atoms with Gasteiger partial charge in [-0.3, -0.25) is 4.79 Å². The van der Waals surface area contributed by atoms with Gasteiger partial charge in [-0.05, 0) is 52.4 Å². The summed E-state index contributed by atoms with van der Waals surface area (Å²) < 4.78 is 5.18. The lowest BCUT2D eigenvalue weighted by Gasteiger charge is -2.24. The van der Waals surface area contributed by atoms with E-state index in [1.165, 1.54) is 0 Å². The molecule has 3 atom stereocenters. The van der Waals surface area contributed by atoms with Crippen molar-refractivity contribution in [2.75, 3.05) is 0 Å². The van der Waals surface area contributed by atoms with Crippen molar-refractivity contribution in [1.82, 2.24) is 10.6 Å². The zero-order chi connectivity index (χ0) is 13.3. The van der Waals surface area contributed by atoms with Gasteiger partial charge in [-0.1, -0.05) is 0 Å². The minimum absolute atomic E-state index is 0.0759. The summed E-state index contributed by atoms with van der Waals surface area (Å²) in [5.41, 5.74) is -0.537. The number of ether oxygens (including phenoxy) is 1. The predicted molar refractivity (Wildman–Crippen MR) is 67.0 cm³/mol. The molecule has 0 aromatic heterocycles. The van der Waals surface area contributed by atoms with Crippen molar-refractivity contribution in [3.8, 4) is 0 Å². The van der Waals surface area contributed by atoms with Gasteiger partial charge in [0.05, 0.1) is 0 Å². The second-order valence-corrected chi connectivity index (χ2v) is 6.32. The molecule has 1 heterocycles. The molecule has 2 aliphatic rings. The van der Waals surface area contributed by atoms with E-state index in [1.807, 2.05) is 20.8 Å². The van der Waals surface area contributed by atoms with Crippen molar-refractivity contribution in [2.24, 2.45) is 5.92 Å². The van der Waals surface area contributed by atoms with E-state index in [0.717, 1.165) is 25.7 Å². The summed E-state index contributed by atoms with van der Waals surface area (Å²) in [5, 5.41) is 5.66. The van der Waals surface area contributed by atoms with Gasteiger partial charge in [0.25, 0.3) is 0 Å². The smallest absolute Gasteiger partial charge is 0.408 e. The molecule has 2 bridgehead atoms. The fourth-order valence-electron chi connectivity index (χ4n) is 2.74. The summed E-state index contributed by atoms with van der Waals surface area (Å²) in [6.45, 7) is 5.42. The summed E-state index contributed by atoms with van der Waals surface area (Å²) in [6, 6.07) is -0.150. The molecule has 2 fully saturated rings.